The van der Waals surface area contributed by atoms with Crippen LogP contribution in [-0.2, 0) is 14.3 Å². The lowest BCUT2D eigenvalue weighted by atomic mass is 10.1. The van der Waals surface area contributed by atoms with Gasteiger partial charge in [-0.05, 0) is 46.2 Å². The number of H-pyrrole nitrogens is 1. The van der Waals surface area contributed by atoms with Crippen molar-refractivity contribution >= 4 is 29.5 Å². The van der Waals surface area contributed by atoms with E-state index in [4.69, 9.17) is 9.47 Å². The predicted octanol–water partition coefficient (Wildman–Crippen LogP) is 3.94. The third kappa shape index (κ3) is 5.25. The zero-order valence-corrected chi connectivity index (χ0v) is 17.6. The van der Waals surface area contributed by atoms with Crippen molar-refractivity contribution in [1.29, 1.82) is 0 Å². The van der Waals surface area contributed by atoms with Crippen LogP contribution >= 0.6 is 11.8 Å². The third-order valence-electron chi connectivity index (χ3n) is 4.17. The Bertz CT molecular complexity index is 900. The molecule has 2 rings (SSSR count). The first-order chi connectivity index (χ1) is 13.2. The largest absolute Gasteiger partial charge is 0.462 e. The maximum Gasteiger partial charge on any atom is 0.340 e. The zero-order valence-electron chi connectivity index (χ0n) is 16.8. The molecule has 0 aliphatic rings. The summed E-state index contributed by atoms with van der Waals surface area (Å²) in [6.45, 7) is 8.87. The number of esters is 2. The van der Waals surface area contributed by atoms with E-state index in [0.29, 0.717) is 11.4 Å². The highest BCUT2D eigenvalue weighted by atomic mass is 32.2. The van der Waals surface area contributed by atoms with Gasteiger partial charge in [-0.3, -0.25) is 9.59 Å². The van der Waals surface area contributed by atoms with Crippen molar-refractivity contribution in [3.05, 3.63) is 51.8 Å². The Morgan fingerprint density at radius 1 is 1.00 bits per heavy atom. The second-order valence-electron chi connectivity index (χ2n) is 6.49. The number of aromatic amines is 1. The molecule has 2 aromatic rings. The molecule has 0 atom stereocenters. The van der Waals surface area contributed by atoms with Crippen molar-refractivity contribution in [2.24, 2.45) is 0 Å². The minimum Gasteiger partial charge on any atom is -0.462 e. The van der Waals surface area contributed by atoms with Gasteiger partial charge in [-0.15, -0.1) is 11.8 Å². The Kier molecular flexibility index (Phi) is 7.45. The quantitative estimate of drug-likeness (QED) is 0.408. The molecule has 0 fully saturated rings. The topological polar surface area (TPSA) is 85.5 Å². The van der Waals surface area contributed by atoms with E-state index in [1.54, 1.807) is 20.8 Å². The van der Waals surface area contributed by atoms with Gasteiger partial charge in [0.2, 0.25) is 5.78 Å². The molecule has 0 bridgehead atoms. The Morgan fingerprint density at radius 2 is 1.68 bits per heavy atom. The zero-order chi connectivity index (χ0) is 20.8. The Hall–Kier alpha value is -2.54. The Balaban J connectivity index is 1.98. The molecule has 150 valence electrons. The third-order valence-corrected chi connectivity index (χ3v) is 5.32. The molecule has 0 amide bonds. The summed E-state index contributed by atoms with van der Waals surface area (Å²) in [7, 11) is 0. The minimum atomic E-state index is -0.565. The molecule has 0 aliphatic carbocycles. The molecule has 7 heteroatoms. The molecule has 0 aliphatic heterocycles. The van der Waals surface area contributed by atoms with Gasteiger partial charge in [-0.2, -0.15) is 0 Å². The van der Waals surface area contributed by atoms with Gasteiger partial charge in [0.25, 0.3) is 0 Å². The van der Waals surface area contributed by atoms with Gasteiger partial charge in [-0.25, -0.2) is 4.79 Å². The molecule has 0 spiro atoms. The number of rotatable bonds is 8. The lowest BCUT2D eigenvalue weighted by Crippen LogP contribution is -2.19. The summed E-state index contributed by atoms with van der Waals surface area (Å²) in [5.41, 5.74) is 3.76. The average Bonchev–Trinajstić information content (AvgIpc) is 2.93. The Morgan fingerprint density at radius 3 is 2.32 bits per heavy atom. The number of carbonyl (C=O) groups is 3. The number of nitrogens with one attached hydrogen (secondary N) is 1. The summed E-state index contributed by atoms with van der Waals surface area (Å²) >= 11 is 1.37. The fraction of sp³-hybridized carbons (Fsp3) is 0.381. The number of ether oxygens (including phenoxy) is 2. The van der Waals surface area contributed by atoms with Gasteiger partial charge >= 0.3 is 11.9 Å². The molecule has 1 aromatic heterocycles. The smallest absolute Gasteiger partial charge is 0.340 e. The predicted molar refractivity (Wildman–Crippen MR) is 108 cm³/mol. The first kappa shape index (κ1) is 21.8. The van der Waals surface area contributed by atoms with E-state index < -0.39 is 24.3 Å². The number of Topliss-reactive ketones (excluding diaryl/α,β-unsaturated/α-hetero) is 1. The van der Waals surface area contributed by atoms with Crippen LogP contribution in [0.1, 0.15) is 50.2 Å². The monoisotopic (exact) mass is 403 g/mol. The number of thioether (sulfide) groups is 1. The van der Waals surface area contributed by atoms with Crippen LogP contribution in [0.15, 0.2) is 23.1 Å². The van der Waals surface area contributed by atoms with Crippen LogP contribution in [0.2, 0.25) is 0 Å². The second-order valence-corrected chi connectivity index (χ2v) is 7.50. The van der Waals surface area contributed by atoms with Crippen LogP contribution in [0, 0.1) is 27.7 Å². The first-order valence-electron chi connectivity index (χ1n) is 8.99. The van der Waals surface area contributed by atoms with Crippen molar-refractivity contribution < 1.29 is 23.9 Å². The molecule has 0 saturated heterocycles. The van der Waals surface area contributed by atoms with Gasteiger partial charge in [-0.1, -0.05) is 17.7 Å². The normalized spacial score (nSPS) is 10.6. The van der Waals surface area contributed by atoms with Gasteiger partial charge in [0.1, 0.15) is 0 Å². The molecule has 1 heterocycles. The highest BCUT2D eigenvalue weighted by Crippen LogP contribution is 2.24. The van der Waals surface area contributed by atoms with Crippen molar-refractivity contribution in [1.82, 2.24) is 4.98 Å². The summed E-state index contributed by atoms with van der Waals surface area (Å²) < 4.78 is 10.2. The van der Waals surface area contributed by atoms with Gasteiger partial charge in [0, 0.05) is 16.3 Å². The molecule has 0 saturated carbocycles. The van der Waals surface area contributed by atoms with E-state index in [9.17, 15) is 14.4 Å². The van der Waals surface area contributed by atoms with E-state index in [0.717, 1.165) is 16.0 Å². The van der Waals surface area contributed by atoms with Crippen LogP contribution in [0.25, 0.3) is 0 Å². The summed E-state index contributed by atoms with van der Waals surface area (Å²) in [5, 5.41) is 0. The second kappa shape index (κ2) is 9.59. The summed E-state index contributed by atoms with van der Waals surface area (Å²) in [4.78, 5) is 40.7. The molecule has 1 N–H and O–H groups in total. The van der Waals surface area contributed by atoms with Crippen LogP contribution in [0.4, 0.5) is 0 Å². The number of ketones is 1. The SMILES string of the molecule is CCOC(=O)c1c(C)[nH]c(C)c1C(=O)COC(=O)CSc1ccc(C)cc1C. The van der Waals surface area contributed by atoms with Crippen molar-refractivity contribution in [2.75, 3.05) is 19.0 Å². The van der Waals surface area contributed by atoms with E-state index in [2.05, 4.69) is 4.98 Å². The lowest BCUT2D eigenvalue weighted by Gasteiger charge is -2.08. The Labute approximate surface area is 169 Å². The van der Waals surface area contributed by atoms with E-state index in [1.165, 1.54) is 11.8 Å². The molecule has 28 heavy (non-hydrogen) atoms. The summed E-state index contributed by atoms with van der Waals surface area (Å²) in [6.07, 6.45) is 0. The number of hydrogen-bond acceptors (Lipinski definition) is 6. The highest BCUT2D eigenvalue weighted by Gasteiger charge is 2.26. The van der Waals surface area contributed by atoms with Crippen LogP contribution in [0.3, 0.4) is 0 Å². The standard InChI is InChI=1S/C21H25NO5S/c1-6-26-21(25)20-15(5)22-14(4)19(20)16(23)10-27-18(24)11-28-17-8-7-12(2)9-13(17)3/h7-9,22H,6,10-11H2,1-5H3. The molecule has 0 radical (unpaired) electrons. The van der Waals surface area contributed by atoms with Crippen molar-refractivity contribution in [3.63, 3.8) is 0 Å². The number of benzene rings is 1. The lowest BCUT2D eigenvalue weighted by molar-refractivity contribution is -0.139. The van der Waals surface area contributed by atoms with Gasteiger partial charge < -0.3 is 14.5 Å². The summed E-state index contributed by atoms with van der Waals surface area (Å²) in [6, 6.07) is 5.99. The molecular weight excluding hydrogens is 378 g/mol. The van der Waals surface area contributed by atoms with E-state index in [1.807, 2.05) is 32.0 Å². The van der Waals surface area contributed by atoms with Gasteiger partial charge in [0.15, 0.2) is 6.61 Å². The van der Waals surface area contributed by atoms with Crippen molar-refractivity contribution in [2.45, 2.75) is 39.5 Å². The molecular formula is C21H25NO5S. The number of aryl methyl sites for hydroxylation is 4. The fourth-order valence-corrected chi connectivity index (χ4v) is 3.75. The van der Waals surface area contributed by atoms with E-state index >= 15 is 0 Å². The average molecular weight is 404 g/mol. The molecule has 1 aromatic carbocycles. The molecule has 0 unspecified atom stereocenters. The molecule has 6 nitrogen and oxygen atoms in total. The number of aromatic nitrogens is 1. The number of carbonyl (C=O) groups excluding carboxylic acids is 3. The fourth-order valence-electron chi connectivity index (χ4n) is 2.95. The van der Waals surface area contributed by atoms with Crippen LogP contribution in [-0.4, -0.2) is 41.7 Å². The minimum absolute atomic E-state index is 0.104. The highest BCUT2D eigenvalue weighted by molar-refractivity contribution is 8.00. The maximum atomic E-state index is 12.6. The maximum absolute atomic E-state index is 12.6. The van der Waals surface area contributed by atoms with Crippen LogP contribution in [0.5, 0.6) is 0 Å². The number of hydrogen-bond donors (Lipinski definition) is 1. The van der Waals surface area contributed by atoms with Crippen LogP contribution < -0.4 is 0 Å². The van der Waals surface area contributed by atoms with Crippen molar-refractivity contribution in [3.8, 4) is 0 Å². The first-order valence-corrected chi connectivity index (χ1v) is 9.98. The van der Waals surface area contributed by atoms with Gasteiger partial charge in [0.05, 0.1) is 23.5 Å². The van der Waals surface area contributed by atoms with E-state index in [-0.39, 0.29) is 23.5 Å². The summed E-state index contributed by atoms with van der Waals surface area (Å²) in [5.74, 6) is -1.38.